The van der Waals surface area contributed by atoms with Crippen molar-refractivity contribution in [1.29, 1.82) is 0 Å². The van der Waals surface area contributed by atoms with Crippen LogP contribution in [0.1, 0.15) is 16.1 Å². The van der Waals surface area contributed by atoms with Crippen LogP contribution in [0.3, 0.4) is 0 Å². The lowest BCUT2D eigenvalue weighted by atomic mass is 10.1. The van der Waals surface area contributed by atoms with Crippen molar-refractivity contribution in [2.24, 2.45) is 0 Å². The molecule has 5 aromatic rings. The molecule has 37 heavy (non-hydrogen) atoms. The highest BCUT2D eigenvalue weighted by Gasteiger charge is 2.39. The molecule has 1 amide bonds. The Kier molecular flexibility index (Phi) is 5.91. The van der Waals surface area contributed by atoms with Gasteiger partial charge in [-0.05, 0) is 24.3 Å². The summed E-state index contributed by atoms with van der Waals surface area (Å²) in [7, 11) is 0. The van der Waals surface area contributed by atoms with Gasteiger partial charge in [-0.2, -0.15) is 13.2 Å². The van der Waals surface area contributed by atoms with E-state index in [-0.39, 0.29) is 11.5 Å². The van der Waals surface area contributed by atoms with Gasteiger partial charge in [0.05, 0.1) is 23.9 Å². The zero-order valence-corrected chi connectivity index (χ0v) is 18.3. The van der Waals surface area contributed by atoms with E-state index >= 15 is 4.39 Å². The van der Waals surface area contributed by atoms with Crippen LogP contribution >= 0.6 is 0 Å². The Balaban J connectivity index is 1.62. The highest BCUT2D eigenvalue weighted by molar-refractivity contribution is 6.09. The van der Waals surface area contributed by atoms with Gasteiger partial charge in [0.1, 0.15) is 34.7 Å². The minimum atomic E-state index is -5.20. The smallest absolute Gasteiger partial charge is 0.338 e. The highest BCUT2D eigenvalue weighted by Crippen LogP contribution is 2.36. The van der Waals surface area contributed by atoms with Crippen LogP contribution < -0.4 is 10.6 Å². The maximum Gasteiger partial charge on any atom is 0.436 e. The van der Waals surface area contributed by atoms with Gasteiger partial charge in [0, 0.05) is 11.8 Å². The van der Waals surface area contributed by atoms with Crippen LogP contribution in [0.25, 0.3) is 22.4 Å². The normalized spacial score (nSPS) is 11.5. The molecule has 0 spiro atoms. The first kappa shape index (κ1) is 23.7. The third kappa shape index (κ3) is 4.51. The van der Waals surface area contributed by atoms with E-state index in [0.717, 1.165) is 6.07 Å². The third-order valence-electron chi connectivity index (χ3n) is 5.17. The monoisotopic (exact) mass is 512 g/mol. The lowest BCUT2D eigenvalue weighted by Crippen LogP contribution is -2.21. The van der Waals surface area contributed by atoms with Crippen molar-refractivity contribution in [3.05, 3.63) is 84.3 Å². The zero-order chi connectivity index (χ0) is 26.2. The Morgan fingerprint density at radius 2 is 1.73 bits per heavy atom. The average Bonchev–Trinajstić information content (AvgIpc) is 3.34. The molecule has 0 aliphatic rings. The van der Waals surface area contributed by atoms with Crippen LogP contribution in [-0.4, -0.2) is 35.8 Å². The van der Waals surface area contributed by atoms with Crippen LogP contribution in [0, 0.1) is 11.6 Å². The summed E-state index contributed by atoms with van der Waals surface area (Å²) in [5, 5.41) is 4.76. The summed E-state index contributed by atoms with van der Waals surface area (Å²) in [6.45, 7) is 0. The first-order valence-electron chi connectivity index (χ1n) is 10.4. The Morgan fingerprint density at radius 3 is 2.51 bits per heavy atom. The van der Waals surface area contributed by atoms with Crippen LogP contribution in [0.2, 0.25) is 0 Å². The van der Waals surface area contributed by atoms with Crippen molar-refractivity contribution in [3.63, 3.8) is 0 Å². The molecule has 9 nitrogen and oxygen atoms in total. The second-order valence-corrected chi connectivity index (χ2v) is 7.49. The molecule has 5 rings (SSSR count). The number of anilines is 3. The molecule has 4 heterocycles. The maximum absolute atomic E-state index is 15.1. The molecular weight excluding hydrogens is 499 g/mol. The average molecular weight is 512 g/mol. The van der Waals surface area contributed by atoms with Gasteiger partial charge in [0.2, 0.25) is 0 Å². The SMILES string of the molecule is O=C(Nc1ccccc1F)c1c(Nc2ncccc2-c2ncnc3[nH]cnc23)cnc(C(F)(F)F)c1F. The number of halogens is 5. The van der Waals surface area contributed by atoms with Crippen molar-refractivity contribution in [1.82, 2.24) is 29.9 Å². The van der Waals surface area contributed by atoms with Crippen LogP contribution in [0.4, 0.5) is 39.1 Å². The van der Waals surface area contributed by atoms with Gasteiger partial charge in [0.15, 0.2) is 17.2 Å². The molecule has 0 unspecified atom stereocenters. The van der Waals surface area contributed by atoms with E-state index in [0.29, 0.717) is 28.6 Å². The molecule has 14 heteroatoms. The Hall–Kier alpha value is -5.01. The van der Waals surface area contributed by atoms with E-state index in [1.807, 2.05) is 0 Å². The molecular formula is C23H13F5N8O. The second kappa shape index (κ2) is 9.22. The van der Waals surface area contributed by atoms with Gasteiger partial charge in [-0.25, -0.2) is 33.7 Å². The predicted octanol–water partition coefficient (Wildman–Crippen LogP) is 5.10. The van der Waals surface area contributed by atoms with E-state index in [1.165, 1.54) is 37.1 Å². The molecule has 0 saturated carbocycles. The topological polar surface area (TPSA) is 121 Å². The molecule has 4 aromatic heterocycles. The van der Waals surface area contributed by atoms with Crippen molar-refractivity contribution in [2.45, 2.75) is 6.18 Å². The van der Waals surface area contributed by atoms with Crippen LogP contribution in [-0.2, 0) is 6.18 Å². The number of hydrogen-bond acceptors (Lipinski definition) is 7. The summed E-state index contributed by atoms with van der Waals surface area (Å²) in [5.41, 5.74) is -2.36. The number of alkyl halides is 3. The third-order valence-corrected chi connectivity index (χ3v) is 5.17. The molecule has 0 bridgehead atoms. The number of nitrogens with zero attached hydrogens (tertiary/aromatic N) is 5. The number of nitrogens with one attached hydrogen (secondary N) is 3. The fourth-order valence-corrected chi connectivity index (χ4v) is 3.53. The van der Waals surface area contributed by atoms with Gasteiger partial charge in [-0.15, -0.1) is 0 Å². The molecule has 3 N–H and O–H groups in total. The van der Waals surface area contributed by atoms with Crippen molar-refractivity contribution in [3.8, 4) is 11.3 Å². The van der Waals surface area contributed by atoms with Gasteiger partial charge in [-0.1, -0.05) is 12.1 Å². The van der Waals surface area contributed by atoms with Crippen molar-refractivity contribution in [2.75, 3.05) is 10.6 Å². The van der Waals surface area contributed by atoms with Gasteiger partial charge in [-0.3, -0.25) is 4.79 Å². The number of carbonyl (C=O) groups is 1. The molecule has 0 aliphatic carbocycles. The molecule has 0 saturated heterocycles. The second-order valence-electron chi connectivity index (χ2n) is 7.49. The van der Waals surface area contributed by atoms with Crippen LogP contribution in [0.15, 0.2) is 61.4 Å². The molecule has 0 atom stereocenters. The fraction of sp³-hybridized carbons (Fsp3) is 0.0435. The maximum atomic E-state index is 15.1. The van der Waals surface area contributed by atoms with Crippen molar-refractivity contribution < 1.29 is 26.7 Å². The van der Waals surface area contributed by atoms with Gasteiger partial charge in [0.25, 0.3) is 5.91 Å². The first-order chi connectivity index (χ1) is 17.7. The highest BCUT2D eigenvalue weighted by atomic mass is 19.4. The van der Waals surface area contributed by atoms with E-state index in [4.69, 9.17) is 0 Å². The van der Waals surface area contributed by atoms with E-state index in [1.54, 1.807) is 12.1 Å². The number of H-pyrrole nitrogens is 1. The lowest BCUT2D eigenvalue weighted by Gasteiger charge is -2.17. The number of rotatable bonds is 5. The number of amides is 1. The van der Waals surface area contributed by atoms with Gasteiger partial charge < -0.3 is 15.6 Å². The largest absolute Gasteiger partial charge is 0.436 e. The van der Waals surface area contributed by atoms with Crippen LogP contribution in [0.5, 0.6) is 0 Å². The predicted molar refractivity (Wildman–Crippen MR) is 122 cm³/mol. The quantitative estimate of drug-likeness (QED) is 0.280. The lowest BCUT2D eigenvalue weighted by molar-refractivity contribution is -0.143. The summed E-state index contributed by atoms with van der Waals surface area (Å²) < 4.78 is 69.4. The fourth-order valence-electron chi connectivity index (χ4n) is 3.53. The number of hydrogen-bond donors (Lipinski definition) is 3. The molecule has 1 aromatic carbocycles. The number of carbonyl (C=O) groups excluding carboxylic acids is 1. The number of imidazole rings is 1. The van der Waals surface area contributed by atoms with Crippen molar-refractivity contribution >= 4 is 34.3 Å². The summed E-state index contributed by atoms with van der Waals surface area (Å²) >= 11 is 0. The van der Waals surface area contributed by atoms with E-state index < -0.39 is 40.7 Å². The summed E-state index contributed by atoms with van der Waals surface area (Å²) in [6.07, 6.45) is -0.531. The summed E-state index contributed by atoms with van der Waals surface area (Å²) in [6, 6.07) is 8.08. The molecule has 0 aliphatic heterocycles. The zero-order valence-electron chi connectivity index (χ0n) is 18.3. The first-order valence-corrected chi connectivity index (χ1v) is 10.4. The summed E-state index contributed by atoms with van der Waals surface area (Å²) in [5.74, 6) is -4.14. The van der Waals surface area contributed by atoms with E-state index in [9.17, 15) is 22.4 Å². The Labute approximate surface area is 203 Å². The Bertz CT molecular complexity index is 1640. The number of para-hydroxylation sites is 1. The molecule has 0 radical (unpaired) electrons. The number of fused-ring (bicyclic) bond motifs is 1. The van der Waals surface area contributed by atoms with E-state index in [2.05, 4.69) is 40.5 Å². The molecule has 0 fully saturated rings. The number of benzene rings is 1. The standard InChI is InChI=1S/C23H13F5N8O/c24-12-5-1-2-6-13(12)36-22(37)15-14(8-30-19(16(15)25)23(26,27)28)35-20-11(4-3-7-29-20)17-18-21(33-9-31-17)34-10-32-18/h1-10H,(H,29,35)(H,36,37)(H,31,32,33,34). The number of aromatic nitrogens is 6. The number of aromatic amines is 1. The molecule has 186 valence electrons. The summed E-state index contributed by atoms with van der Waals surface area (Å²) in [4.78, 5) is 35.5. The minimum Gasteiger partial charge on any atom is -0.338 e. The number of pyridine rings is 2. The Morgan fingerprint density at radius 1 is 0.919 bits per heavy atom. The minimum absolute atomic E-state index is 0.00593. The van der Waals surface area contributed by atoms with Gasteiger partial charge >= 0.3 is 6.18 Å².